The highest BCUT2D eigenvalue weighted by atomic mass is 32.2. The van der Waals surface area contributed by atoms with Crippen LogP contribution in [0, 0.1) is 13.8 Å². The quantitative estimate of drug-likeness (QED) is 0.717. The number of sulfonamides is 1. The molecule has 0 bridgehead atoms. The zero-order chi connectivity index (χ0) is 23.7. The Labute approximate surface area is 188 Å². The summed E-state index contributed by atoms with van der Waals surface area (Å²) in [6, 6.07) is 6.28. The summed E-state index contributed by atoms with van der Waals surface area (Å²) in [6.07, 6.45) is 0. The topological polar surface area (TPSA) is 125 Å². The molecule has 32 heavy (non-hydrogen) atoms. The van der Waals surface area contributed by atoms with E-state index in [2.05, 4.69) is 15.8 Å². The van der Waals surface area contributed by atoms with Crippen molar-refractivity contribution in [2.75, 3.05) is 31.5 Å². The molecule has 10 nitrogen and oxygen atoms in total. The third-order valence-corrected chi connectivity index (χ3v) is 7.12. The number of aryl methyl sites for hydroxylation is 2. The molecule has 1 fully saturated rings. The van der Waals surface area contributed by atoms with Crippen molar-refractivity contribution in [2.24, 2.45) is 0 Å². The van der Waals surface area contributed by atoms with E-state index in [1.165, 1.54) is 4.31 Å². The fraction of sp³-hybridized carbons (Fsp3) is 0.476. The number of benzene rings is 1. The first kappa shape index (κ1) is 23.7. The second-order valence-electron chi connectivity index (χ2n) is 8.76. The third kappa shape index (κ3) is 5.28. The molecule has 0 saturated carbocycles. The summed E-state index contributed by atoms with van der Waals surface area (Å²) in [7, 11) is -3.73. The molecule has 0 aliphatic carbocycles. The third-order valence-electron chi connectivity index (χ3n) is 4.98. The summed E-state index contributed by atoms with van der Waals surface area (Å²) in [4.78, 5) is 26.5. The second kappa shape index (κ2) is 8.91. The smallest absolute Gasteiger partial charge is 0.321 e. The van der Waals surface area contributed by atoms with E-state index in [4.69, 9.17) is 4.52 Å². The Balaban J connectivity index is 1.57. The Kier molecular flexibility index (Phi) is 6.61. The average molecular weight is 464 g/mol. The standard InChI is InChI=1S/C21H29N5O5S/c1-14-18(15(2)31-24-14)32(29,30)26-12-10-25(11-13-26)20(28)22-17-8-6-16(7-9-17)19(27)23-21(3,4)5/h6-9H,10-13H2,1-5H3,(H,22,28)(H,23,27). The van der Waals surface area contributed by atoms with Crippen molar-refractivity contribution in [1.82, 2.24) is 19.7 Å². The van der Waals surface area contributed by atoms with Crippen LogP contribution in [0.3, 0.4) is 0 Å². The number of nitrogens with zero attached hydrogens (tertiary/aromatic N) is 3. The monoisotopic (exact) mass is 463 g/mol. The first-order valence-corrected chi connectivity index (χ1v) is 11.7. The predicted molar refractivity (Wildman–Crippen MR) is 119 cm³/mol. The number of rotatable bonds is 4. The highest BCUT2D eigenvalue weighted by Gasteiger charge is 2.34. The summed E-state index contributed by atoms with van der Waals surface area (Å²) >= 11 is 0. The Bertz CT molecular complexity index is 1080. The van der Waals surface area contributed by atoms with Crippen molar-refractivity contribution >= 4 is 27.6 Å². The van der Waals surface area contributed by atoms with Crippen LogP contribution in [0.2, 0.25) is 0 Å². The summed E-state index contributed by atoms with van der Waals surface area (Å²) in [5.74, 6) is 0.0632. The van der Waals surface area contributed by atoms with E-state index in [1.54, 1.807) is 43.0 Å². The molecule has 1 aliphatic heterocycles. The minimum absolute atomic E-state index is 0.0889. The maximum atomic E-state index is 12.9. The van der Waals surface area contributed by atoms with E-state index in [1.807, 2.05) is 20.8 Å². The van der Waals surface area contributed by atoms with Gasteiger partial charge in [0, 0.05) is 43.0 Å². The van der Waals surface area contributed by atoms with Crippen LogP contribution >= 0.6 is 0 Å². The summed E-state index contributed by atoms with van der Waals surface area (Å²) in [6.45, 7) is 9.70. The number of anilines is 1. The van der Waals surface area contributed by atoms with Crippen molar-refractivity contribution < 1.29 is 22.5 Å². The van der Waals surface area contributed by atoms with Gasteiger partial charge in [-0.3, -0.25) is 4.79 Å². The van der Waals surface area contributed by atoms with E-state index in [0.717, 1.165) is 0 Å². The van der Waals surface area contributed by atoms with Crippen LogP contribution < -0.4 is 10.6 Å². The van der Waals surface area contributed by atoms with E-state index in [-0.39, 0.29) is 54.3 Å². The van der Waals surface area contributed by atoms with Crippen molar-refractivity contribution in [3.8, 4) is 0 Å². The van der Waals surface area contributed by atoms with Gasteiger partial charge in [0.05, 0.1) is 0 Å². The lowest BCUT2D eigenvalue weighted by Gasteiger charge is -2.33. The van der Waals surface area contributed by atoms with Crippen LogP contribution in [0.25, 0.3) is 0 Å². The minimum atomic E-state index is -3.73. The van der Waals surface area contributed by atoms with Gasteiger partial charge in [-0.25, -0.2) is 13.2 Å². The molecule has 1 aliphatic rings. The van der Waals surface area contributed by atoms with Gasteiger partial charge in [0.2, 0.25) is 10.0 Å². The molecular formula is C21H29N5O5S. The second-order valence-corrected chi connectivity index (χ2v) is 10.6. The van der Waals surface area contributed by atoms with E-state index >= 15 is 0 Å². The van der Waals surface area contributed by atoms with Crippen molar-refractivity contribution in [2.45, 2.75) is 45.1 Å². The summed E-state index contributed by atoms with van der Waals surface area (Å²) < 4.78 is 32.1. The van der Waals surface area contributed by atoms with Crippen LogP contribution in [0.4, 0.5) is 10.5 Å². The molecule has 1 saturated heterocycles. The van der Waals surface area contributed by atoms with Crippen LogP contribution in [0.5, 0.6) is 0 Å². The van der Waals surface area contributed by atoms with Gasteiger partial charge in [0.1, 0.15) is 10.6 Å². The highest BCUT2D eigenvalue weighted by Crippen LogP contribution is 2.24. The molecular weight excluding hydrogens is 434 g/mol. The largest absolute Gasteiger partial charge is 0.360 e. The van der Waals surface area contributed by atoms with Gasteiger partial charge >= 0.3 is 6.03 Å². The number of amides is 3. The minimum Gasteiger partial charge on any atom is -0.360 e. The molecule has 0 unspecified atom stereocenters. The molecule has 2 heterocycles. The Hall–Kier alpha value is -2.92. The molecule has 1 aromatic heterocycles. The summed E-state index contributed by atoms with van der Waals surface area (Å²) in [5, 5.41) is 9.39. The van der Waals surface area contributed by atoms with Crippen LogP contribution in [0.1, 0.15) is 42.6 Å². The van der Waals surface area contributed by atoms with Crippen molar-refractivity contribution in [3.63, 3.8) is 0 Å². The molecule has 0 spiro atoms. The van der Waals surface area contributed by atoms with Crippen LogP contribution in [-0.2, 0) is 10.0 Å². The molecule has 0 atom stereocenters. The molecule has 0 radical (unpaired) electrons. The van der Waals surface area contributed by atoms with E-state index in [9.17, 15) is 18.0 Å². The maximum Gasteiger partial charge on any atom is 0.321 e. The zero-order valence-electron chi connectivity index (χ0n) is 18.9. The molecule has 2 aromatic rings. The highest BCUT2D eigenvalue weighted by molar-refractivity contribution is 7.89. The average Bonchev–Trinajstić information content (AvgIpc) is 3.06. The lowest BCUT2D eigenvalue weighted by molar-refractivity contribution is 0.0919. The first-order valence-electron chi connectivity index (χ1n) is 10.3. The number of carbonyl (C=O) groups is 2. The van der Waals surface area contributed by atoms with Crippen molar-refractivity contribution in [1.29, 1.82) is 0 Å². The van der Waals surface area contributed by atoms with Gasteiger partial charge in [-0.15, -0.1) is 0 Å². The number of piperazine rings is 1. The van der Waals surface area contributed by atoms with Crippen LogP contribution in [0.15, 0.2) is 33.7 Å². The zero-order valence-corrected chi connectivity index (χ0v) is 19.7. The number of nitrogens with one attached hydrogen (secondary N) is 2. The van der Waals surface area contributed by atoms with E-state index in [0.29, 0.717) is 16.9 Å². The molecule has 2 N–H and O–H groups in total. The van der Waals surface area contributed by atoms with Gasteiger partial charge in [0.25, 0.3) is 5.91 Å². The first-order chi connectivity index (χ1) is 14.9. The predicted octanol–water partition coefficient (Wildman–Crippen LogP) is 2.36. The Morgan fingerprint density at radius 3 is 2.12 bits per heavy atom. The normalized spacial score (nSPS) is 15.5. The van der Waals surface area contributed by atoms with Crippen molar-refractivity contribution in [3.05, 3.63) is 41.3 Å². The van der Waals surface area contributed by atoms with E-state index < -0.39 is 10.0 Å². The number of hydrogen-bond acceptors (Lipinski definition) is 6. The molecule has 1 aromatic carbocycles. The van der Waals surface area contributed by atoms with Gasteiger partial charge in [-0.05, 0) is 58.9 Å². The molecule has 174 valence electrons. The van der Waals surface area contributed by atoms with Gasteiger partial charge < -0.3 is 20.1 Å². The molecule has 3 amide bonds. The Morgan fingerprint density at radius 2 is 1.62 bits per heavy atom. The van der Waals surface area contributed by atoms with Crippen LogP contribution in [-0.4, -0.2) is 66.4 Å². The lowest BCUT2D eigenvalue weighted by Crippen LogP contribution is -2.51. The van der Waals surface area contributed by atoms with Gasteiger partial charge in [-0.1, -0.05) is 5.16 Å². The molecule has 11 heteroatoms. The van der Waals surface area contributed by atoms with Gasteiger partial charge in [-0.2, -0.15) is 4.31 Å². The SMILES string of the molecule is Cc1noc(C)c1S(=O)(=O)N1CCN(C(=O)Nc2ccc(C(=O)NC(C)(C)C)cc2)CC1. The number of urea groups is 1. The number of aromatic nitrogens is 1. The molecule has 3 rings (SSSR count). The number of hydrogen-bond donors (Lipinski definition) is 2. The fourth-order valence-electron chi connectivity index (χ4n) is 3.42. The number of carbonyl (C=O) groups excluding carboxylic acids is 2. The Morgan fingerprint density at radius 1 is 1.03 bits per heavy atom. The summed E-state index contributed by atoms with van der Waals surface area (Å²) in [5.41, 5.74) is 1.02. The maximum absolute atomic E-state index is 12.9. The lowest BCUT2D eigenvalue weighted by atomic mass is 10.1. The van der Waals surface area contributed by atoms with Gasteiger partial charge in [0.15, 0.2) is 5.76 Å². The fourth-order valence-corrected chi connectivity index (χ4v) is 5.14.